The summed E-state index contributed by atoms with van der Waals surface area (Å²) in [5, 5.41) is 13.3. The molecule has 192 valence electrons. The predicted molar refractivity (Wildman–Crippen MR) is 158 cm³/mol. The van der Waals surface area contributed by atoms with Gasteiger partial charge in [-0.3, -0.25) is 10.1 Å². The van der Waals surface area contributed by atoms with Gasteiger partial charge in [0, 0.05) is 39.2 Å². The molecular weight excluding hydrogens is 505 g/mol. The van der Waals surface area contributed by atoms with E-state index in [4.69, 9.17) is 4.74 Å². The average molecular weight is 532 g/mol. The van der Waals surface area contributed by atoms with Crippen LogP contribution in [0, 0.1) is 10.1 Å². The minimum Gasteiger partial charge on any atom is -0.488 e. The second-order valence-corrected chi connectivity index (χ2v) is 11.7. The first kappa shape index (κ1) is 25.9. The number of hydrogen-bond donors (Lipinski definition) is 0. The van der Waals surface area contributed by atoms with Gasteiger partial charge in [0.2, 0.25) is 0 Å². The van der Waals surface area contributed by atoms with Gasteiger partial charge in [-0.05, 0) is 23.8 Å². The van der Waals surface area contributed by atoms with E-state index in [9.17, 15) is 10.1 Å². The van der Waals surface area contributed by atoms with Crippen molar-refractivity contribution < 1.29 is 14.2 Å². The molecule has 0 unspecified atom stereocenters. The SMILES string of the molecule is O=[N+]([O-])c1ccc(/C=C(/OCc2ccccc2P(=O)(c2ccccc2)c2ccccc2)c2ccccc2)cc1. The predicted octanol–water partition coefficient (Wildman–Crippen LogP) is 6.95. The maximum absolute atomic E-state index is 15.0. The van der Waals surface area contributed by atoms with E-state index < -0.39 is 12.1 Å². The van der Waals surface area contributed by atoms with E-state index in [0.717, 1.165) is 32.6 Å². The third kappa shape index (κ3) is 5.74. The fourth-order valence-corrected chi connectivity index (χ4v) is 7.33. The molecule has 0 bridgehead atoms. The number of non-ortho nitro benzene ring substituents is 1. The molecule has 0 spiro atoms. The zero-order valence-corrected chi connectivity index (χ0v) is 22.0. The van der Waals surface area contributed by atoms with Crippen LogP contribution in [0.3, 0.4) is 0 Å². The molecule has 0 aliphatic heterocycles. The minimum absolute atomic E-state index is 0.0285. The van der Waals surface area contributed by atoms with Crippen LogP contribution in [0.5, 0.6) is 0 Å². The van der Waals surface area contributed by atoms with Crippen LogP contribution in [0.25, 0.3) is 11.8 Å². The molecule has 0 aliphatic carbocycles. The summed E-state index contributed by atoms with van der Waals surface area (Å²) in [5.41, 5.74) is 2.48. The Morgan fingerprint density at radius 2 is 1.21 bits per heavy atom. The van der Waals surface area contributed by atoms with E-state index >= 15 is 4.57 Å². The van der Waals surface area contributed by atoms with Gasteiger partial charge in [-0.1, -0.05) is 115 Å². The van der Waals surface area contributed by atoms with E-state index in [-0.39, 0.29) is 12.3 Å². The van der Waals surface area contributed by atoms with E-state index in [1.54, 1.807) is 12.1 Å². The molecular formula is C33H26NO4P. The van der Waals surface area contributed by atoms with Gasteiger partial charge in [-0.15, -0.1) is 0 Å². The molecule has 5 nitrogen and oxygen atoms in total. The largest absolute Gasteiger partial charge is 0.488 e. The molecule has 0 aliphatic rings. The maximum atomic E-state index is 15.0. The first-order chi connectivity index (χ1) is 19.1. The summed E-state index contributed by atoms with van der Waals surface area (Å²) in [6, 6.07) is 42.8. The molecule has 0 saturated carbocycles. The van der Waals surface area contributed by atoms with Crippen LogP contribution < -0.4 is 15.9 Å². The number of rotatable bonds is 9. The van der Waals surface area contributed by atoms with Gasteiger partial charge in [0.25, 0.3) is 5.69 Å². The van der Waals surface area contributed by atoms with Crippen LogP contribution in [0.2, 0.25) is 0 Å². The Hall–Kier alpha value is -4.73. The third-order valence-corrected chi connectivity index (χ3v) is 9.58. The summed E-state index contributed by atoms with van der Waals surface area (Å²) < 4.78 is 21.4. The fourth-order valence-electron chi connectivity index (χ4n) is 4.45. The van der Waals surface area contributed by atoms with Crippen molar-refractivity contribution in [3.05, 3.63) is 166 Å². The smallest absolute Gasteiger partial charge is 0.269 e. The van der Waals surface area contributed by atoms with Crippen molar-refractivity contribution in [2.45, 2.75) is 6.61 Å². The zero-order valence-electron chi connectivity index (χ0n) is 21.1. The van der Waals surface area contributed by atoms with E-state index in [0.29, 0.717) is 5.76 Å². The number of nitro groups is 1. The highest BCUT2D eigenvalue weighted by atomic mass is 31.2. The lowest BCUT2D eigenvalue weighted by molar-refractivity contribution is -0.384. The van der Waals surface area contributed by atoms with Crippen LogP contribution in [0.1, 0.15) is 16.7 Å². The monoisotopic (exact) mass is 531 g/mol. The second-order valence-electron chi connectivity index (χ2n) is 8.92. The van der Waals surface area contributed by atoms with Crippen LogP contribution in [0.4, 0.5) is 5.69 Å². The van der Waals surface area contributed by atoms with Crippen LogP contribution in [-0.4, -0.2) is 4.92 Å². The van der Waals surface area contributed by atoms with Gasteiger partial charge in [-0.2, -0.15) is 0 Å². The highest BCUT2D eigenvalue weighted by molar-refractivity contribution is 7.85. The van der Waals surface area contributed by atoms with E-state index in [1.165, 1.54) is 12.1 Å². The number of benzene rings is 5. The molecule has 0 heterocycles. The molecule has 0 aromatic heterocycles. The van der Waals surface area contributed by atoms with Crippen LogP contribution in [0.15, 0.2) is 140 Å². The van der Waals surface area contributed by atoms with Crippen molar-refractivity contribution in [3.8, 4) is 0 Å². The summed E-state index contributed by atoms with van der Waals surface area (Å²) in [5.74, 6) is 0.605. The lowest BCUT2D eigenvalue weighted by Crippen LogP contribution is -2.27. The molecule has 0 radical (unpaired) electrons. The first-order valence-corrected chi connectivity index (χ1v) is 14.2. The average Bonchev–Trinajstić information content (AvgIpc) is 3.00. The lowest BCUT2D eigenvalue weighted by Gasteiger charge is -2.23. The van der Waals surface area contributed by atoms with Gasteiger partial charge >= 0.3 is 0 Å². The Kier molecular flexibility index (Phi) is 7.81. The Labute approximate surface area is 227 Å². The van der Waals surface area contributed by atoms with Crippen LogP contribution >= 0.6 is 7.14 Å². The molecule has 5 aromatic carbocycles. The van der Waals surface area contributed by atoms with Gasteiger partial charge in [0.05, 0.1) is 4.92 Å². The van der Waals surface area contributed by atoms with Gasteiger partial charge in [-0.25, -0.2) is 0 Å². The molecule has 0 atom stereocenters. The topological polar surface area (TPSA) is 69.4 Å². The molecule has 0 fully saturated rings. The standard InChI is InChI=1S/C33H26NO4P/c35-34(36)29-22-20-26(21-23-29)24-32(27-12-4-1-5-13-27)38-25-28-14-10-11-19-33(28)39(37,30-15-6-2-7-16-30)31-17-8-3-9-18-31/h1-24H,25H2/b32-24+. The summed E-state index contributed by atoms with van der Waals surface area (Å²) in [4.78, 5) is 10.7. The van der Waals surface area contributed by atoms with Crippen molar-refractivity contribution in [1.29, 1.82) is 0 Å². The maximum Gasteiger partial charge on any atom is 0.269 e. The number of nitro benzene ring substituents is 1. The summed E-state index contributed by atoms with van der Waals surface area (Å²) in [7, 11) is -3.19. The van der Waals surface area contributed by atoms with E-state index in [2.05, 4.69) is 0 Å². The summed E-state index contributed by atoms with van der Waals surface area (Å²) in [6.07, 6.45) is 1.86. The molecule has 0 saturated heterocycles. The van der Waals surface area contributed by atoms with Crippen molar-refractivity contribution in [1.82, 2.24) is 0 Å². The minimum atomic E-state index is -3.19. The summed E-state index contributed by atoms with van der Waals surface area (Å²) in [6.45, 7) is 0.188. The normalized spacial score (nSPS) is 11.6. The molecule has 5 aromatic rings. The molecule has 0 N–H and O–H groups in total. The van der Waals surface area contributed by atoms with Crippen molar-refractivity contribution in [2.24, 2.45) is 0 Å². The van der Waals surface area contributed by atoms with Gasteiger partial charge in [0.15, 0.2) is 7.14 Å². The summed E-state index contributed by atoms with van der Waals surface area (Å²) >= 11 is 0. The van der Waals surface area contributed by atoms with E-state index in [1.807, 2.05) is 121 Å². The highest BCUT2D eigenvalue weighted by Gasteiger charge is 2.31. The fraction of sp³-hybridized carbons (Fsp3) is 0.0303. The third-order valence-electron chi connectivity index (χ3n) is 6.41. The van der Waals surface area contributed by atoms with Crippen molar-refractivity contribution in [3.63, 3.8) is 0 Å². The van der Waals surface area contributed by atoms with Crippen LogP contribution in [-0.2, 0) is 15.9 Å². The zero-order chi connectivity index (χ0) is 27.1. The Morgan fingerprint density at radius 1 is 0.692 bits per heavy atom. The second kappa shape index (κ2) is 11.8. The first-order valence-electron chi connectivity index (χ1n) is 12.5. The van der Waals surface area contributed by atoms with Crippen molar-refractivity contribution in [2.75, 3.05) is 0 Å². The number of ether oxygens (including phenoxy) is 1. The quantitative estimate of drug-likeness (QED) is 0.0679. The van der Waals surface area contributed by atoms with Gasteiger partial charge < -0.3 is 9.30 Å². The van der Waals surface area contributed by atoms with Gasteiger partial charge in [0.1, 0.15) is 12.4 Å². The molecule has 39 heavy (non-hydrogen) atoms. The Balaban J connectivity index is 1.54. The molecule has 5 rings (SSSR count). The number of nitrogens with zero attached hydrogens (tertiary/aromatic N) is 1. The van der Waals surface area contributed by atoms with Crippen molar-refractivity contribution >= 4 is 40.6 Å². The molecule has 6 heteroatoms. The highest BCUT2D eigenvalue weighted by Crippen LogP contribution is 2.43. The molecule has 0 amide bonds. The Morgan fingerprint density at radius 3 is 1.77 bits per heavy atom. The lowest BCUT2D eigenvalue weighted by atomic mass is 10.1. The number of hydrogen-bond acceptors (Lipinski definition) is 4. The Bertz CT molecular complexity index is 1590.